The highest BCUT2D eigenvalue weighted by Crippen LogP contribution is 2.29. The lowest BCUT2D eigenvalue weighted by Gasteiger charge is -2.24. The molecule has 0 aliphatic carbocycles. The van der Waals surface area contributed by atoms with E-state index in [9.17, 15) is 0 Å². The largest absolute Gasteiger partial charge is 0.493 e. The predicted octanol–water partition coefficient (Wildman–Crippen LogP) is 1.97. The zero-order valence-corrected chi connectivity index (χ0v) is 10.0. The standard InChI is InChI=1S/C11H15NO3S/c1-13-10-4-2-3-5-11(10)15-16-12-6-8-14-9-7-12/h2-5H,6-9H2,1H3. The van der Waals surface area contributed by atoms with E-state index in [0.717, 1.165) is 37.8 Å². The van der Waals surface area contributed by atoms with Gasteiger partial charge in [-0.15, -0.1) is 0 Å². The minimum Gasteiger partial charge on any atom is -0.493 e. The smallest absolute Gasteiger partial charge is 0.181 e. The molecule has 88 valence electrons. The highest BCUT2D eigenvalue weighted by molar-refractivity contribution is 7.92. The van der Waals surface area contributed by atoms with Gasteiger partial charge in [-0.1, -0.05) is 12.1 Å². The first-order valence-electron chi connectivity index (χ1n) is 5.20. The zero-order valence-electron chi connectivity index (χ0n) is 9.22. The Morgan fingerprint density at radius 2 is 1.88 bits per heavy atom. The third-order valence-corrected chi connectivity index (χ3v) is 3.10. The van der Waals surface area contributed by atoms with E-state index in [2.05, 4.69) is 4.31 Å². The molecule has 0 aromatic heterocycles. The lowest BCUT2D eigenvalue weighted by atomic mass is 10.3. The van der Waals surface area contributed by atoms with Crippen LogP contribution in [0.5, 0.6) is 11.5 Å². The molecule has 1 heterocycles. The molecule has 0 amide bonds. The first-order valence-corrected chi connectivity index (χ1v) is 5.90. The lowest BCUT2D eigenvalue weighted by molar-refractivity contribution is 0.0756. The minimum absolute atomic E-state index is 0.751. The van der Waals surface area contributed by atoms with Gasteiger partial charge in [0.05, 0.1) is 20.3 Å². The van der Waals surface area contributed by atoms with Gasteiger partial charge in [0.1, 0.15) is 12.2 Å². The van der Waals surface area contributed by atoms with Gasteiger partial charge < -0.3 is 13.7 Å². The number of benzene rings is 1. The van der Waals surface area contributed by atoms with Crippen LogP contribution in [0.1, 0.15) is 0 Å². The molecular formula is C11H15NO3S. The fraction of sp³-hybridized carbons (Fsp3) is 0.455. The molecule has 0 unspecified atom stereocenters. The number of para-hydroxylation sites is 2. The Hall–Kier alpha value is -0.910. The third-order valence-electron chi connectivity index (χ3n) is 2.27. The summed E-state index contributed by atoms with van der Waals surface area (Å²) in [5.41, 5.74) is 0. The summed E-state index contributed by atoms with van der Waals surface area (Å²) in [5.74, 6) is 1.50. The number of hydrogen-bond acceptors (Lipinski definition) is 5. The molecule has 5 heteroatoms. The summed E-state index contributed by atoms with van der Waals surface area (Å²) in [4.78, 5) is 0. The summed E-state index contributed by atoms with van der Waals surface area (Å²) in [6, 6.07) is 7.63. The number of morpholine rings is 1. The highest BCUT2D eigenvalue weighted by Gasteiger charge is 2.13. The molecule has 1 aliphatic heterocycles. The summed E-state index contributed by atoms with van der Waals surface area (Å²) in [6.07, 6.45) is 0. The molecular weight excluding hydrogens is 226 g/mol. The average molecular weight is 241 g/mol. The van der Waals surface area contributed by atoms with Crippen LogP contribution in [-0.2, 0) is 4.74 Å². The minimum atomic E-state index is 0.751. The van der Waals surface area contributed by atoms with Crippen molar-refractivity contribution in [2.45, 2.75) is 0 Å². The molecule has 1 aromatic rings. The molecule has 0 atom stereocenters. The molecule has 0 radical (unpaired) electrons. The summed E-state index contributed by atoms with van der Waals surface area (Å²) in [7, 11) is 1.64. The van der Waals surface area contributed by atoms with Crippen molar-refractivity contribution in [1.29, 1.82) is 0 Å². The first-order chi connectivity index (χ1) is 7.90. The van der Waals surface area contributed by atoms with E-state index in [1.165, 1.54) is 12.2 Å². The lowest BCUT2D eigenvalue weighted by Crippen LogP contribution is -2.31. The van der Waals surface area contributed by atoms with Gasteiger partial charge in [-0.25, -0.2) is 4.31 Å². The van der Waals surface area contributed by atoms with Crippen molar-refractivity contribution >= 4 is 12.2 Å². The van der Waals surface area contributed by atoms with E-state index in [-0.39, 0.29) is 0 Å². The van der Waals surface area contributed by atoms with E-state index in [1.807, 2.05) is 24.3 Å². The quantitative estimate of drug-likeness (QED) is 0.594. The van der Waals surface area contributed by atoms with Crippen LogP contribution in [0.4, 0.5) is 0 Å². The normalized spacial score (nSPS) is 17.1. The summed E-state index contributed by atoms with van der Waals surface area (Å²) >= 11 is 1.35. The van der Waals surface area contributed by atoms with Crippen molar-refractivity contribution in [1.82, 2.24) is 4.31 Å². The molecule has 16 heavy (non-hydrogen) atoms. The summed E-state index contributed by atoms with van der Waals surface area (Å²) in [5, 5.41) is 0. The van der Waals surface area contributed by atoms with Crippen LogP contribution in [0.2, 0.25) is 0 Å². The van der Waals surface area contributed by atoms with Crippen LogP contribution >= 0.6 is 12.2 Å². The maximum atomic E-state index is 5.63. The summed E-state index contributed by atoms with van der Waals surface area (Å²) < 4.78 is 18.2. The van der Waals surface area contributed by atoms with E-state index in [0.29, 0.717) is 0 Å². The molecule has 0 spiro atoms. The first kappa shape index (κ1) is 11.6. The van der Waals surface area contributed by atoms with Gasteiger partial charge in [0.2, 0.25) is 0 Å². The molecule has 0 N–H and O–H groups in total. The molecule has 4 nitrogen and oxygen atoms in total. The van der Waals surface area contributed by atoms with Crippen molar-refractivity contribution in [3.8, 4) is 11.5 Å². The second-order valence-electron chi connectivity index (χ2n) is 3.35. The maximum absolute atomic E-state index is 5.63. The Morgan fingerprint density at radius 1 is 1.19 bits per heavy atom. The topological polar surface area (TPSA) is 30.9 Å². The van der Waals surface area contributed by atoms with Gasteiger partial charge in [-0.3, -0.25) is 0 Å². The molecule has 1 saturated heterocycles. The van der Waals surface area contributed by atoms with Crippen LogP contribution in [-0.4, -0.2) is 37.7 Å². The molecule has 1 aliphatic rings. The molecule has 1 fully saturated rings. The Labute approximate surface area is 99.8 Å². The van der Waals surface area contributed by atoms with Crippen LogP contribution in [0.3, 0.4) is 0 Å². The van der Waals surface area contributed by atoms with Gasteiger partial charge in [0, 0.05) is 13.1 Å². The second kappa shape index (κ2) is 5.98. The zero-order chi connectivity index (χ0) is 11.2. The Morgan fingerprint density at radius 3 is 2.56 bits per heavy atom. The Bertz CT molecular complexity index is 329. The number of hydrogen-bond donors (Lipinski definition) is 0. The van der Waals surface area contributed by atoms with E-state index < -0.39 is 0 Å². The Balaban J connectivity index is 1.88. The van der Waals surface area contributed by atoms with Gasteiger partial charge >= 0.3 is 0 Å². The van der Waals surface area contributed by atoms with Crippen molar-refractivity contribution in [2.75, 3.05) is 33.4 Å². The molecule has 0 bridgehead atoms. The Kier molecular flexibility index (Phi) is 4.33. The fourth-order valence-corrected chi connectivity index (χ4v) is 2.02. The monoisotopic (exact) mass is 241 g/mol. The predicted molar refractivity (Wildman–Crippen MR) is 63.6 cm³/mol. The van der Waals surface area contributed by atoms with Gasteiger partial charge in [-0.2, -0.15) is 0 Å². The molecule has 2 rings (SSSR count). The van der Waals surface area contributed by atoms with Crippen LogP contribution in [0, 0.1) is 0 Å². The highest BCUT2D eigenvalue weighted by atomic mass is 32.2. The third kappa shape index (κ3) is 3.04. The van der Waals surface area contributed by atoms with Gasteiger partial charge in [-0.05, 0) is 12.1 Å². The number of methoxy groups -OCH3 is 1. The number of nitrogens with zero attached hydrogens (tertiary/aromatic N) is 1. The second-order valence-corrected chi connectivity index (χ2v) is 4.18. The van der Waals surface area contributed by atoms with Crippen LogP contribution < -0.4 is 8.92 Å². The van der Waals surface area contributed by atoms with Crippen molar-refractivity contribution in [3.05, 3.63) is 24.3 Å². The fourth-order valence-electron chi connectivity index (χ4n) is 1.40. The number of ether oxygens (including phenoxy) is 2. The van der Waals surface area contributed by atoms with Crippen molar-refractivity contribution in [3.63, 3.8) is 0 Å². The SMILES string of the molecule is COc1ccccc1OSN1CCOCC1. The maximum Gasteiger partial charge on any atom is 0.181 e. The van der Waals surface area contributed by atoms with E-state index in [1.54, 1.807) is 7.11 Å². The molecule has 1 aromatic carbocycles. The van der Waals surface area contributed by atoms with Crippen molar-refractivity contribution < 1.29 is 13.7 Å². The van der Waals surface area contributed by atoms with Crippen LogP contribution in [0.15, 0.2) is 24.3 Å². The van der Waals surface area contributed by atoms with Gasteiger partial charge in [0.15, 0.2) is 11.5 Å². The molecule has 0 saturated carbocycles. The summed E-state index contributed by atoms with van der Waals surface area (Å²) in [6.45, 7) is 3.31. The van der Waals surface area contributed by atoms with Crippen LogP contribution in [0.25, 0.3) is 0 Å². The number of rotatable bonds is 4. The van der Waals surface area contributed by atoms with E-state index >= 15 is 0 Å². The van der Waals surface area contributed by atoms with Gasteiger partial charge in [0.25, 0.3) is 0 Å². The van der Waals surface area contributed by atoms with Crippen molar-refractivity contribution in [2.24, 2.45) is 0 Å². The average Bonchev–Trinajstić information content (AvgIpc) is 2.38. The van der Waals surface area contributed by atoms with E-state index in [4.69, 9.17) is 13.7 Å².